The third-order valence-electron chi connectivity index (χ3n) is 10.9. The molecule has 3 amide bonds. The van der Waals surface area contributed by atoms with Crippen LogP contribution in [0.5, 0.6) is 0 Å². The van der Waals surface area contributed by atoms with Crippen LogP contribution in [0.3, 0.4) is 0 Å². The summed E-state index contributed by atoms with van der Waals surface area (Å²) in [6.45, 7) is 1.97. The molecule has 2 fully saturated rings. The van der Waals surface area contributed by atoms with Crippen molar-refractivity contribution in [3.05, 3.63) is 106 Å². The Morgan fingerprint density at radius 1 is 1.02 bits per heavy atom. The lowest BCUT2D eigenvalue weighted by atomic mass is 10.0. The second kappa shape index (κ2) is 17.8. The molecule has 3 N–H and O–H groups in total. The zero-order chi connectivity index (χ0) is 41.8. The molecule has 8 rings (SSSR count). The summed E-state index contributed by atoms with van der Waals surface area (Å²) in [5, 5.41) is 12.2. The van der Waals surface area contributed by atoms with Gasteiger partial charge in [0.05, 0.1) is 28.6 Å². The van der Waals surface area contributed by atoms with Gasteiger partial charge in [-0.15, -0.1) is 0 Å². The fourth-order valence-corrected chi connectivity index (χ4v) is 7.47. The molecular weight excluding hydrogens is 777 g/mol. The van der Waals surface area contributed by atoms with Crippen molar-refractivity contribution in [3.63, 3.8) is 0 Å². The third kappa shape index (κ3) is 9.05. The summed E-state index contributed by atoms with van der Waals surface area (Å²) in [6.07, 6.45) is 8.06. The van der Waals surface area contributed by atoms with E-state index in [2.05, 4.69) is 31.0 Å². The molecule has 1 saturated carbocycles. The van der Waals surface area contributed by atoms with Gasteiger partial charge in [0.1, 0.15) is 18.1 Å². The van der Waals surface area contributed by atoms with Crippen molar-refractivity contribution in [1.29, 1.82) is 0 Å². The van der Waals surface area contributed by atoms with E-state index in [4.69, 9.17) is 9.15 Å². The number of unbranched alkanes of at least 4 members (excludes halogenated alkanes) is 1. The molecule has 1 atom stereocenters. The molecular formula is C43H45F2N9O6. The molecule has 17 heteroatoms. The summed E-state index contributed by atoms with van der Waals surface area (Å²) in [5.74, 6) is 0.0425. The lowest BCUT2D eigenvalue weighted by Gasteiger charge is -2.21. The van der Waals surface area contributed by atoms with Crippen LogP contribution < -0.4 is 21.6 Å². The maximum Gasteiger partial charge on any atom is 0.329 e. The first-order valence-corrected chi connectivity index (χ1v) is 20.2. The van der Waals surface area contributed by atoms with E-state index in [0.717, 1.165) is 48.9 Å². The van der Waals surface area contributed by atoms with Gasteiger partial charge in [-0.2, -0.15) is 5.10 Å². The Morgan fingerprint density at radius 3 is 2.62 bits per heavy atom. The van der Waals surface area contributed by atoms with E-state index in [1.807, 2.05) is 30.3 Å². The number of anilines is 2. The van der Waals surface area contributed by atoms with Crippen LogP contribution in [0.4, 0.5) is 20.3 Å². The molecule has 2 aromatic carbocycles. The highest BCUT2D eigenvalue weighted by molar-refractivity contribution is 6.03. The number of aryl methyl sites for hydroxylation is 3. The Hall–Kier alpha value is -6.49. The van der Waals surface area contributed by atoms with Gasteiger partial charge in [0.15, 0.2) is 11.4 Å². The van der Waals surface area contributed by atoms with E-state index in [1.165, 1.54) is 34.6 Å². The van der Waals surface area contributed by atoms with Gasteiger partial charge < -0.3 is 19.8 Å². The van der Waals surface area contributed by atoms with Crippen LogP contribution in [0.15, 0.2) is 82.5 Å². The van der Waals surface area contributed by atoms with E-state index >= 15 is 0 Å². The lowest BCUT2D eigenvalue weighted by molar-refractivity contribution is -0.135. The molecule has 15 nitrogen and oxygen atoms in total. The highest BCUT2D eigenvalue weighted by atomic mass is 19.3. The number of ether oxygens (including phenoxy) is 1. The standard InChI is InChI=1S/C43H45F2N9O6/c1-52-38-28(7-4-9-33(38)54(43(52)58)34-16-17-36(55)50-41(34)57)8-5-21-59-20-3-2-6-26-12-14-30(15-13-26)53-24-31(37(51-53)39(44)45)48-40(56)32-25-60-42(49-32)29-18-19-46-35(22-29)47-23-27-10-11-27/h4,7,9,12-15,18-19,22,24-25,27,34,39H,2-3,5-6,8,10-11,16-17,20-21,23H2,1H3,(H,46,47)(H,48,56)(H,50,55,57). The predicted octanol–water partition coefficient (Wildman–Crippen LogP) is 6.54. The summed E-state index contributed by atoms with van der Waals surface area (Å²) in [4.78, 5) is 59.1. The number of carbonyl (C=O) groups excluding carboxylic acids is 3. The van der Waals surface area contributed by atoms with E-state index < -0.39 is 30.0 Å². The number of oxazole rings is 1. The first-order chi connectivity index (χ1) is 29.1. The van der Waals surface area contributed by atoms with Crippen molar-refractivity contribution in [2.24, 2.45) is 13.0 Å². The topological polar surface area (TPSA) is 180 Å². The second-order valence-corrected chi connectivity index (χ2v) is 15.2. The molecule has 5 heterocycles. The molecule has 6 aromatic rings. The van der Waals surface area contributed by atoms with Gasteiger partial charge in [0.25, 0.3) is 12.3 Å². The van der Waals surface area contributed by atoms with Crippen molar-refractivity contribution >= 4 is 40.3 Å². The molecule has 2 aliphatic rings. The van der Waals surface area contributed by atoms with Crippen LogP contribution in [-0.4, -0.2) is 66.4 Å². The van der Waals surface area contributed by atoms with Gasteiger partial charge >= 0.3 is 5.69 Å². The minimum absolute atomic E-state index is 0.0690. The highest BCUT2D eigenvalue weighted by Gasteiger charge is 2.32. The molecule has 0 spiro atoms. The van der Waals surface area contributed by atoms with Crippen LogP contribution >= 0.6 is 0 Å². The number of benzene rings is 2. The second-order valence-electron chi connectivity index (χ2n) is 15.2. The van der Waals surface area contributed by atoms with Crippen molar-refractivity contribution in [3.8, 4) is 17.1 Å². The van der Waals surface area contributed by atoms with Gasteiger partial charge in [-0.05, 0) is 98.7 Å². The molecule has 1 saturated heterocycles. The lowest BCUT2D eigenvalue weighted by Crippen LogP contribution is -2.44. The van der Waals surface area contributed by atoms with Gasteiger partial charge in [-0.3, -0.25) is 28.8 Å². The van der Waals surface area contributed by atoms with E-state index in [1.54, 1.807) is 42.1 Å². The van der Waals surface area contributed by atoms with Gasteiger partial charge in [0.2, 0.25) is 17.7 Å². The summed E-state index contributed by atoms with van der Waals surface area (Å²) >= 11 is 0. The number of carbonyl (C=O) groups is 3. The minimum atomic E-state index is -2.93. The van der Waals surface area contributed by atoms with E-state index in [0.29, 0.717) is 48.1 Å². The SMILES string of the molecule is Cn1c(=O)n(C2CCC(=O)NC2=O)c2cccc(CCCOCCCCc3ccc(-n4cc(NC(=O)c5coc(-c6ccnc(NCC7CC7)c6)n5)c(C(F)F)n4)cc3)c21. The minimum Gasteiger partial charge on any atom is -0.444 e. The van der Waals surface area contributed by atoms with Crippen molar-refractivity contribution in [1.82, 2.24) is 34.2 Å². The Balaban J connectivity index is 0.792. The molecule has 312 valence electrons. The van der Waals surface area contributed by atoms with Crippen LogP contribution in [0.25, 0.3) is 28.2 Å². The molecule has 0 radical (unpaired) electrons. The number of rotatable bonds is 18. The average molecular weight is 822 g/mol. The highest BCUT2D eigenvalue weighted by Crippen LogP contribution is 2.31. The summed E-state index contributed by atoms with van der Waals surface area (Å²) in [5.41, 5.74) is 3.62. The van der Waals surface area contributed by atoms with Crippen LogP contribution in [0.1, 0.15) is 84.7 Å². The maximum absolute atomic E-state index is 14.1. The van der Waals surface area contributed by atoms with Gasteiger partial charge in [0, 0.05) is 45.0 Å². The zero-order valence-electron chi connectivity index (χ0n) is 33.0. The molecule has 4 aromatic heterocycles. The first kappa shape index (κ1) is 40.3. The van der Waals surface area contributed by atoms with Crippen molar-refractivity contribution in [2.45, 2.75) is 70.3 Å². The van der Waals surface area contributed by atoms with Crippen molar-refractivity contribution < 1.29 is 32.3 Å². The molecule has 1 aliphatic heterocycles. The zero-order valence-corrected chi connectivity index (χ0v) is 33.0. The normalized spacial score (nSPS) is 15.5. The number of hydrogen-bond donors (Lipinski definition) is 3. The first-order valence-electron chi connectivity index (χ1n) is 20.2. The molecule has 1 unspecified atom stereocenters. The number of para-hydroxylation sites is 1. The number of amides is 3. The quantitative estimate of drug-likeness (QED) is 0.0637. The maximum atomic E-state index is 14.1. The molecule has 1 aliphatic carbocycles. The average Bonchev–Trinajstić information content (AvgIpc) is 3.65. The monoisotopic (exact) mass is 821 g/mol. The number of imidazole rings is 1. The number of hydrogen-bond acceptors (Lipinski definition) is 10. The number of halogens is 2. The van der Waals surface area contributed by atoms with Gasteiger partial charge in [-0.1, -0.05) is 24.3 Å². The Morgan fingerprint density at radius 2 is 1.83 bits per heavy atom. The summed E-state index contributed by atoms with van der Waals surface area (Å²) in [6, 6.07) is 15.9. The number of imide groups is 1. The fourth-order valence-electron chi connectivity index (χ4n) is 7.47. The Bertz CT molecular complexity index is 2570. The molecule has 0 bridgehead atoms. The number of alkyl halides is 2. The third-order valence-corrected chi connectivity index (χ3v) is 10.9. The number of aromatic nitrogens is 6. The molecule has 60 heavy (non-hydrogen) atoms. The predicted molar refractivity (Wildman–Crippen MR) is 218 cm³/mol. The Labute approximate surface area is 343 Å². The smallest absolute Gasteiger partial charge is 0.329 e. The van der Waals surface area contributed by atoms with Gasteiger partial charge in [-0.25, -0.2) is 28.2 Å². The summed E-state index contributed by atoms with van der Waals surface area (Å²) in [7, 11) is 1.70. The number of piperidine rings is 1. The van der Waals surface area contributed by atoms with E-state index in [9.17, 15) is 28.0 Å². The van der Waals surface area contributed by atoms with Crippen LogP contribution in [0.2, 0.25) is 0 Å². The number of nitrogens with zero attached hydrogens (tertiary/aromatic N) is 6. The van der Waals surface area contributed by atoms with E-state index in [-0.39, 0.29) is 41.7 Å². The number of pyridine rings is 1. The number of fused-ring (bicyclic) bond motifs is 1. The summed E-state index contributed by atoms with van der Waals surface area (Å²) < 4.78 is 43.9. The van der Waals surface area contributed by atoms with Crippen molar-refractivity contribution in [2.75, 3.05) is 30.4 Å². The van der Waals surface area contributed by atoms with Crippen LogP contribution in [-0.2, 0) is 34.2 Å². The largest absolute Gasteiger partial charge is 0.444 e. The number of nitrogens with one attached hydrogen (secondary N) is 3. The Kier molecular flexibility index (Phi) is 11.9. The van der Waals surface area contributed by atoms with Crippen LogP contribution in [0, 0.1) is 5.92 Å². The fraction of sp³-hybridized carbons (Fsp3) is 0.372.